The van der Waals surface area contributed by atoms with Crippen LogP contribution < -0.4 is 4.90 Å². The van der Waals surface area contributed by atoms with Gasteiger partial charge in [-0.1, -0.05) is 52.8 Å². The highest BCUT2D eigenvalue weighted by molar-refractivity contribution is 7.89. The predicted molar refractivity (Wildman–Crippen MR) is 102 cm³/mol. The molecule has 4 nitrogen and oxygen atoms in total. The number of sulfonamides is 1. The van der Waals surface area contributed by atoms with Crippen molar-refractivity contribution in [1.29, 1.82) is 0 Å². The van der Waals surface area contributed by atoms with Gasteiger partial charge in [0.25, 0.3) is 0 Å². The van der Waals surface area contributed by atoms with Crippen LogP contribution in [0.2, 0.25) is 0 Å². The first-order valence-electron chi connectivity index (χ1n) is 9.13. The quantitative estimate of drug-likeness (QED) is 0.782. The minimum Gasteiger partial charge on any atom is -0.368 e. The zero-order valence-corrected chi connectivity index (χ0v) is 16.6. The van der Waals surface area contributed by atoms with Crippen molar-refractivity contribution in [3.8, 4) is 0 Å². The summed E-state index contributed by atoms with van der Waals surface area (Å²) in [6, 6.07) is 6.58. The van der Waals surface area contributed by atoms with Crippen molar-refractivity contribution < 1.29 is 8.42 Å². The molecule has 2 rings (SSSR count). The second kappa shape index (κ2) is 7.87. The highest BCUT2D eigenvalue weighted by Crippen LogP contribution is 2.35. The van der Waals surface area contributed by atoms with Gasteiger partial charge < -0.3 is 4.90 Å². The van der Waals surface area contributed by atoms with Gasteiger partial charge >= 0.3 is 0 Å². The van der Waals surface area contributed by atoms with E-state index in [1.807, 2.05) is 6.92 Å². The smallest absolute Gasteiger partial charge is 0.214 e. The summed E-state index contributed by atoms with van der Waals surface area (Å²) < 4.78 is 26.2. The van der Waals surface area contributed by atoms with Gasteiger partial charge in [-0.25, -0.2) is 8.42 Å². The van der Waals surface area contributed by atoms with Crippen LogP contribution in [0, 0.1) is 0 Å². The molecule has 1 fully saturated rings. The average Bonchev–Trinajstić information content (AvgIpc) is 2.54. The Hall–Kier alpha value is -1.07. The fourth-order valence-corrected chi connectivity index (χ4v) is 4.95. The van der Waals surface area contributed by atoms with E-state index in [0.717, 1.165) is 13.1 Å². The highest BCUT2D eigenvalue weighted by atomic mass is 32.2. The molecule has 0 radical (unpaired) electrons. The van der Waals surface area contributed by atoms with E-state index in [2.05, 4.69) is 50.8 Å². The van der Waals surface area contributed by atoms with Crippen LogP contribution in [0.3, 0.4) is 0 Å². The van der Waals surface area contributed by atoms with Crippen LogP contribution in [0.4, 0.5) is 5.69 Å². The summed E-state index contributed by atoms with van der Waals surface area (Å²) in [4.78, 5) is 2.39. The number of hydrogen-bond acceptors (Lipinski definition) is 3. The van der Waals surface area contributed by atoms with Crippen LogP contribution in [0.25, 0.3) is 0 Å². The molecular weight excluding hydrogens is 320 g/mol. The van der Waals surface area contributed by atoms with Crippen LogP contribution in [0.1, 0.15) is 64.0 Å². The van der Waals surface area contributed by atoms with Gasteiger partial charge in [0.1, 0.15) is 0 Å². The standard InChI is InChI=1S/C19H32N2O2S/c1-6-14-24(22,23)21-12-10-20(11-13-21)19-17(15(2)3)8-7-9-18(19)16(4)5/h7-9,15-16H,6,10-14H2,1-5H3. The zero-order valence-electron chi connectivity index (χ0n) is 15.7. The maximum Gasteiger partial charge on any atom is 0.214 e. The van der Waals surface area contributed by atoms with Crippen molar-refractivity contribution in [2.45, 2.75) is 52.9 Å². The Labute approximate surface area is 147 Å². The second-order valence-corrected chi connectivity index (χ2v) is 9.39. The van der Waals surface area contributed by atoms with E-state index < -0.39 is 10.0 Å². The molecule has 0 spiro atoms. The summed E-state index contributed by atoms with van der Waals surface area (Å²) in [5, 5.41) is 0. The number of anilines is 1. The molecule has 0 amide bonds. The minimum atomic E-state index is -3.09. The largest absolute Gasteiger partial charge is 0.368 e. The normalized spacial score (nSPS) is 17.0. The molecule has 1 aliphatic heterocycles. The molecule has 0 atom stereocenters. The molecule has 1 heterocycles. The first-order valence-corrected chi connectivity index (χ1v) is 10.7. The molecule has 0 N–H and O–H groups in total. The summed E-state index contributed by atoms with van der Waals surface area (Å²) >= 11 is 0. The van der Waals surface area contributed by atoms with E-state index in [1.165, 1.54) is 16.8 Å². The third-order valence-corrected chi connectivity index (χ3v) is 6.83. The molecule has 1 aromatic rings. The number of hydrogen-bond donors (Lipinski definition) is 0. The lowest BCUT2D eigenvalue weighted by molar-refractivity contribution is 0.384. The Bertz CT molecular complexity index is 619. The van der Waals surface area contributed by atoms with Crippen LogP contribution in [-0.4, -0.2) is 44.7 Å². The van der Waals surface area contributed by atoms with E-state index in [0.29, 0.717) is 31.3 Å². The minimum absolute atomic E-state index is 0.257. The molecule has 0 saturated carbocycles. The molecule has 5 heteroatoms. The van der Waals surface area contributed by atoms with Crippen LogP contribution in [0.15, 0.2) is 18.2 Å². The SMILES string of the molecule is CCCS(=O)(=O)N1CCN(c2c(C(C)C)cccc2C(C)C)CC1. The molecule has 136 valence electrons. The van der Waals surface area contributed by atoms with Gasteiger partial charge in [-0.3, -0.25) is 0 Å². The zero-order chi connectivity index (χ0) is 17.9. The Kier molecular flexibility index (Phi) is 6.32. The third kappa shape index (κ3) is 4.12. The monoisotopic (exact) mass is 352 g/mol. The number of benzene rings is 1. The van der Waals surface area contributed by atoms with Gasteiger partial charge in [0.15, 0.2) is 0 Å². The highest BCUT2D eigenvalue weighted by Gasteiger charge is 2.28. The van der Waals surface area contributed by atoms with Crippen LogP contribution >= 0.6 is 0 Å². The summed E-state index contributed by atoms with van der Waals surface area (Å²) in [5.41, 5.74) is 4.06. The second-order valence-electron chi connectivity index (χ2n) is 7.30. The number of nitrogens with zero attached hydrogens (tertiary/aromatic N) is 2. The Balaban J connectivity index is 2.26. The number of rotatable bonds is 6. The van der Waals surface area contributed by atoms with Gasteiger partial charge in [-0.05, 0) is 29.4 Å². The van der Waals surface area contributed by atoms with Crippen molar-refractivity contribution in [3.05, 3.63) is 29.3 Å². The van der Waals surface area contributed by atoms with Crippen LogP contribution in [0.5, 0.6) is 0 Å². The van der Waals surface area contributed by atoms with Crippen molar-refractivity contribution in [3.63, 3.8) is 0 Å². The fraction of sp³-hybridized carbons (Fsp3) is 0.684. The Morgan fingerprint density at radius 2 is 1.46 bits per heavy atom. The molecule has 1 aromatic carbocycles. The Morgan fingerprint density at radius 3 is 1.88 bits per heavy atom. The summed E-state index contributed by atoms with van der Waals surface area (Å²) in [6.45, 7) is 13.5. The van der Waals surface area contributed by atoms with Crippen molar-refractivity contribution in [1.82, 2.24) is 4.31 Å². The van der Waals surface area contributed by atoms with Crippen LogP contribution in [-0.2, 0) is 10.0 Å². The average molecular weight is 353 g/mol. The molecule has 1 saturated heterocycles. The Morgan fingerprint density at radius 1 is 0.958 bits per heavy atom. The maximum absolute atomic E-state index is 12.3. The molecule has 1 aliphatic rings. The molecule has 24 heavy (non-hydrogen) atoms. The first kappa shape index (κ1) is 19.3. The van der Waals surface area contributed by atoms with Gasteiger partial charge in [0.05, 0.1) is 5.75 Å². The molecule has 0 aliphatic carbocycles. The number of para-hydroxylation sites is 1. The van der Waals surface area contributed by atoms with Crippen molar-refractivity contribution in [2.75, 3.05) is 36.8 Å². The van der Waals surface area contributed by atoms with Gasteiger partial charge in [-0.2, -0.15) is 4.31 Å². The lowest BCUT2D eigenvalue weighted by Crippen LogP contribution is -2.49. The molecule has 0 bridgehead atoms. The van der Waals surface area contributed by atoms with Gasteiger partial charge in [0, 0.05) is 31.9 Å². The first-order chi connectivity index (χ1) is 11.3. The van der Waals surface area contributed by atoms with Crippen molar-refractivity contribution in [2.24, 2.45) is 0 Å². The van der Waals surface area contributed by atoms with E-state index in [1.54, 1.807) is 4.31 Å². The predicted octanol–water partition coefficient (Wildman–Crippen LogP) is 3.80. The van der Waals surface area contributed by atoms with E-state index in [4.69, 9.17) is 0 Å². The maximum atomic E-state index is 12.3. The summed E-state index contributed by atoms with van der Waals surface area (Å²) in [7, 11) is -3.09. The molecule has 0 unspecified atom stereocenters. The molecular formula is C19H32N2O2S. The third-order valence-electron chi connectivity index (χ3n) is 4.75. The van der Waals surface area contributed by atoms with Gasteiger partial charge in [0.2, 0.25) is 10.0 Å². The van der Waals surface area contributed by atoms with E-state index in [-0.39, 0.29) is 5.75 Å². The molecule has 0 aromatic heterocycles. The topological polar surface area (TPSA) is 40.6 Å². The fourth-order valence-electron chi connectivity index (χ4n) is 3.45. The van der Waals surface area contributed by atoms with E-state index in [9.17, 15) is 8.42 Å². The lowest BCUT2D eigenvalue weighted by Gasteiger charge is -2.38. The number of piperazine rings is 1. The summed E-state index contributed by atoms with van der Waals surface area (Å²) in [6.07, 6.45) is 0.677. The van der Waals surface area contributed by atoms with Gasteiger partial charge in [-0.15, -0.1) is 0 Å². The van der Waals surface area contributed by atoms with E-state index >= 15 is 0 Å². The summed E-state index contributed by atoms with van der Waals surface area (Å²) in [5.74, 6) is 1.17. The van der Waals surface area contributed by atoms with Crippen molar-refractivity contribution >= 4 is 15.7 Å². The lowest BCUT2D eigenvalue weighted by atomic mass is 9.91.